The Bertz CT molecular complexity index is 1300. The first-order valence-electron chi connectivity index (χ1n) is 28.2. The maximum Gasteiger partial charge on any atom is 0.306 e. The van der Waals surface area contributed by atoms with Crippen molar-refractivity contribution in [1.82, 2.24) is 0 Å². The second-order valence-corrected chi connectivity index (χ2v) is 18.6. The van der Waals surface area contributed by atoms with Crippen LogP contribution < -0.4 is 0 Å². The lowest BCUT2D eigenvalue weighted by Crippen LogP contribution is -2.30. The number of hydrogen-bond donors (Lipinski definition) is 0. The molecule has 6 heteroatoms. The molecule has 0 heterocycles. The zero-order valence-corrected chi connectivity index (χ0v) is 43.9. The van der Waals surface area contributed by atoms with Crippen molar-refractivity contribution >= 4 is 17.9 Å². The third-order valence-electron chi connectivity index (χ3n) is 12.0. The summed E-state index contributed by atoms with van der Waals surface area (Å²) in [6, 6.07) is 0. The van der Waals surface area contributed by atoms with Crippen LogP contribution in [0.1, 0.15) is 265 Å². The van der Waals surface area contributed by atoms with Gasteiger partial charge in [-0.15, -0.1) is 0 Å². The Kier molecular flexibility index (Phi) is 52.4. The highest BCUT2D eigenvalue weighted by molar-refractivity contribution is 5.71. The summed E-state index contributed by atoms with van der Waals surface area (Å²) in [6.45, 7) is 6.46. The van der Waals surface area contributed by atoms with Gasteiger partial charge in [0.1, 0.15) is 13.2 Å². The second-order valence-electron chi connectivity index (χ2n) is 18.6. The van der Waals surface area contributed by atoms with Gasteiger partial charge in [0, 0.05) is 19.3 Å². The lowest BCUT2D eigenvalue weighted by Gasteiger charge is -2.18. The van der Waals surface area contributed by atoms with Crippen molar-refractivity contribution in [2.75, 3.05) is 13.2 Å². The lowest BCUT2D eigenvalue weighted by molar-refractivity contribution is -0.167. The van der Waals surface area contributed by atoms with Crippen LogP contribution in [0.25, 0.3) is 0 Å². The fraction of sp³-hybridized carbons (Fsp3) is 0.721. The maximum absolute atomic E-state index is 12.8. The number of carbonyl (C=O) groups is 3. The highest BCUT2D eigenvalue weighted by Crippen LogP contribution is 2.16. The molecule has 0 aliphatic carbocycles. The van der Waals surface area contributed by atoms with Crippen molar-refractivity contribution in [3.8, 4) is 0 Å². The second kappa shape index (κ2) is 55.2. The molecular weight excluding hydrogens is 829 g/mol. The molecule has 0 bridgehead atoms. The third kappa shape index (κ3) is 53.4. The van der Waals surface area contributed by atoms with Crippen LogP contribution in [0.2, 0.25) is 0 Å². The predicted octanol–water partition coefficient (Wildman–Crippen LogP) is 18.8. The lowest BCUT2D eigenvalue weighted by atomic mass is 10.0. The Balaban J connectivity index is 4.44. The molecule has 6 nitrogen and oxygen atoms in total. The van der Waals surface area contributed by atoms with E-state index in [2.05, 4.69) is 106 Å². The number of esters is 3. The van der Waals surface area contributed by atoms with Crippen molar-refractivity contribution in [2.24, 2.45) is 0 Å². The maximum atomic E-state index is 12.8. The minimum atomic E-state index is -0.790. The Morgan fingerprint density at radius 3 is 0.940 bits per heavy atom. The van der Waals surface area contributed by atoms with E-state index in [0.29, 0.717) is 19.3 Å². The van der Waals surface area contributed by atoms with Gasteiger partial charge in [0.05, 0.1) is 0 Å². The number of rotatable bonds is 50. The number of ether oxygens (including phenoxy) is 3. The Morgan fingerprint density at radius 2 is 0.582 bits per heavy atom. The van der Waals surface area contributed by atoms with Gasteiger partial charge < -0.3 is 14.2 Å². The average molecular weight is 933 g/mol. The van der Waals surface area contributed by atoms with E-state index in [1.54, 1.807) is 0 Å². The van der Waals surface area contributed by atoms with E-state index in [9.17, 15) is 14.4 Å². The minimum Gasteiger partial charge on any atom is -0.462 e. The zero-order valence-electron chi connectivity index (χ0n) is 43.9. The fourth-order valence-corrected chi connectivity index (χ4v) is 7.81. The summed E-state index contributed by atoms with van der Waals surface area (Å²) >= 11 is 0. The zero-order chi connectivity index (χ0) is 48.6. The molecule has 0 radical (unpaired) electrons. The summed E-state index contributed by atoms with van der Waals surface area (Å²) in [5.41, 5.74) is 0. The molecule has 0 saturated carbocycles. The predicted molar refractivity (Wildman–Crippen MR) is 288 cm³/mol. The van der Waals surface area contributed by atoms with Crippen LogP contribution in [0.4, 0.5) is 0 Å². The van der Waals surface area contributed by atoms with Crippen LogP contribution in [0, 0.1) is 0 Å². The van der Waals surface area contributed by atoms with Gasteiger partial charge in [0.15, 0.2) is 6.10 Å². The molecular formula is C61H104O6. The number of hydrogen-bond acceptors (Lipinski definition) is 6. The molecule has 0 aromatic rings. The smallest absolute Gasteiger partial charge is 0.306 e. The first kappa shape index (κ1) is 63.6. The van der Waals surface area contributed by atoms with Crippen LogP contribution in [0.5, 0.6) is 0 Å². The molecule has 0 saturated heterocycles. The summed E-state index contributed by atoms with van der Waals surface area (Å²) in [6.07, 6.45) is 71.3. The van der Waals surface area contributed by atoms with Gasteiger partial charge >= 0.3 is 17.9 Å². The Morgan fingerprint density at radius 1 is 0.313 bits per heavy atom. The third-order valence-corrected chi connectivity index (χ3v) is 12.0. The Labute approximate surface area is 414 Å². The molecule has 0 rings (SSSR count). The van der Waals surface area contributed by atoms with Gasteiger partial charge in [0.25, 0.3) is 0 Å². The summed E-state index contributed by atoms with van der Waals surface area (Å²) in [5, 5.41) is 0. The summed E-state index contributed by atoms with van der Waals surface area (Å²) in [7, 11) is 0. The largest absolute Gasteiger partial charge is 0.462 e. The van der Waals surface area contributed by atoms with Crippen molar-refractivity contribution in [2.45, 2.75) is 271 Å². The van der Waals surface area contributed by atoms with E-state index in [1.807, 2.05) is 0 Å². The van der Waals surface area contributed by atoms with Crippen molar-refractivity contribution in [3.63, 3.8) is 0 Å². The highest BCUT2D eigenvalue weighted by atomic mass is 16.6. The number of carbonyl (C=O) groups excluding carboxylic acids is 3. The van der Waals surface area contributed by atoms with Gasteiger partial charge in [-0.25, -0.2) is 0 Å². The number of unbranched alkanes of at least 4 members (excludes halogenated alkanes) is 30. The molecule has 0 aliphatic heterocycles. The van der Waals surface area contributed by atoms with Crippen LogP contribution in [0.3, 0.4) is 0 Å². The van der Waals surface area contributed by atoms with Crippen LogP contribution >= 0.6 is 0 Å². The van der Waals surface area contributed by atoms with Gasteiger partial charge in [-0.1, -0.05) is 266 Å². The SMILES string of the molecule is CC\C=C/C=C\C=C/CCCCCCCCCC(=O)OCC(COC(=O)CCCCCCC\C=C/C=C\C=C/C=C\CCCCC)OC(=O)CCCCCCCCCCCCCCCCCC. The van der Waals surface area contributed by atoms with E-state index < -0.39 is 6.10 Å². The van der Waals surface area contributed by atoms with Gasteiger partial charge in [-0.05, 0) is 64.2 Å². The average Bonchev–Trinajstić information content (AvgIpc) is 3.33. The summed E-state index contributed by atoms with van der Waals surface area (Å²) < 4.78 is 16.8. The van der Waals surface area contributed by atoms with Gasteiger partial charge in [0.2, 0.25) is 0 Å². The van der Waals surface area contributed by atoms with Crippen molar-refractivity contribution in [3.05, 3.63) is 85.1 Å². The molecule has 67 heavy (non-hydrogen) atoms. The van der Waals surface area contributed by atoms with Crippen LogP contribution in [-0.2, 0) is 28.6 Å². The molecule has 0 N–H and O–H groups in total. The standard InChI is InChI=1S/C61H104O6/c1-4-7-10-13-16-19-22-25-28-30-31-34-36-39-42-45-48-51-54-60(63)66-57-58(56-65-59(62)53-50-47-44-41-38-35-32-27-24-21-18-15-12-9-6-3)67-61(64)55-52-49-46-43-40-37-33-29-26-23-20-17-14-11-8-5-2/h9,12,15-16,18-19,21-22,24-25,28,30-31,34,58H,4-8,10-11,13-14,17,20,23,26-27,29,32-33,35-57H2,1-3H3/b12-9-,18-15-,19-16-,24-21-,25-22-,30-28-,34-31-. The van der Waals surface area contributed by atoms with E-state index in [0.717, 1.165) is 96.3 Å². The minimum absolute atomic E-state index is 0.0893. The topological polar surface area (TPSA) is 78.9 Å². The van der Waals surface area contributed by atoms with E-state index in [-0.39, 0.29) is 31.1 Å². The molecule has 0 fully saturated rings. The molecule has 384 valence electrons. The van der Waals surface area contributed by atoms with Crippen molar-refractivity contribution < 1.29 is 28.6 Å². The van der Waals surface area contributed by atoms with E-state index in [4.69, 9.17) is 14.2 Å². The molecule has 0 aliphatic rings. The quantitative estimate of drug-likeness (QED) is 0.0262. The molecule has 1 atom stereocenters. The summed E-state index contributed by atoms with van der Waals surface area (Å²) in [4.78, 5) is 38.1. The number of allylic oxidation sites excluding steroid dienone is 14. The first-order valence-corrected chi connectivity index (χ1v) is 28.2. The molecule has 0 aromatic heterocycles. The molecule has 0 amide bonds. The van der Waals surface area contributed by atoms with E-state index in [1.165, 1.54) is 128 Å². The van der Waals surface area contributed by atoms with E-state index >= 15 is 0 Å². The fourth-order valence-electron chi connectivity index (χ4n) is 7.81. The van der Waals surface area contributed by atoms with Gasteiger partial charge in [-0.2, -0.15) is 0 Å². The van der Waals surface area contributed by atoms with Crippen LogP contribution in [-0.4, -0.2) is 37.2 Å². The first-order chi connectivity index (χ1) is 33.0. The monoisotopic (exact) mass is 933 g/mol. The molecule has 0 spiro atoms. The highest BCUT2D eigenvalue weighted by Gasteiger charge is 2.19. The molecule has 0 aromatic carbocycles. The Hall–Kier alpha value is -3.41. The van der Waals surface area contributed by atoms with Crippen LogP contribution in [0.15, 0.2) is 85.1 Å². The normalized spacial score (nSPS) is 12.7. The van der Waals surface area contributed by atoms with Crippen molar-refractivity contribution in [1.29, 1.82) is 0 Å². The molecule has 1 unspecified atom stereocenters. The summed E-state index contributed by atoms with van der Waals surface area (Å²) in [5.74, 6) is -0.916. The van der Waals surface area contributed by atoms with Gasteiger partial charge in [-0.3, -0.25) is 14.4 Å².